The number of methoxy groups -OCH3 is 1. The molecule has 114 valence electrons. The molecule has 1 aliphatic rings. The minimum atomic E-state index is -0.852. The molecule has 0 aliphatic heterocycles. The molecule has 1 aromatic rings. The summed E-state index contributed by atoms with van der Waals surface area (Å²) in [4.78, 5) is 24.1. The van der Waals surface area contributed by atoms with E-state index in [1.54, 1.807) is 25.3 Å². The Hall–Kier alpha value is -1.84. The van der Waals surface area contributed by atoms with E-state index in [4.69, 9.17) is 4.74 Å². The van der Waals surface area contributed by atoms with Crippen molar-refractivity contribution in [1.29, 1.82) is 0 Å². The zero-order valence-corrected chi connectivity index (χ0v) is 12.8. The molecule has 0 heterocycles. The number of ether oxygens (including phenoxy) is 1. The lowest BCUT2D eigenvalue weighted by Gasteiger charge is -2.15. The maximum atomic E-state index is 12.7. The highest BCUT2D eigenvalue weighted by atomic mass is 16.5. The van der Waals surface area contributed by atoms with Crippen LogP contribution in [0, 0.1) is 24.7 Å². The molecule has 1 fully saturated rings. The van der Waals surface area contributed by atoms with E-state index in [0.29, 0.717) is 24.3 Å². The first-order chi connectivity index (χ1) is 9.97. The molecule has 1 saturated carbocycles. The van der Waals surface area contributed by atoms with Gasteiger partial charge in [0.1, 0.15) is 5.75 Å². The average Bonchev–Trinajstić information content (AvgIpc) is 2.90. The van der Waals surface area contributed by atoms with Crippen LogP contribution >= 0.6 is 0 Å². The molecular weight excluding hydrogens is 268 g/mol. The smallest absolute Gasteiger partial charge is 0.307 e. The Balaban J connectivity index is 2.25. The van der Waals surface area contributed by atoms with Crippen LogP contribution in [-0.2, 0) is 4.79 Å². The topological polar surface area (TPSA) is 63.6 Å². The number of benzene rings is 1. The fourth-order valence-electron chi connectivity index (χ4n) is 3.28. The van der Waals surface area contributed by atoms with Gasteiger partial charge in [-0.05, 0) is 49.4 Å². The fraction of sp³-hybridized carbons (Fsp3) is 0.529. The van der Waals surface area contributed by atoms with Crippen LogP contribution in [0.4, 0.5) is 0 Å². The van der Waals surface area contributed by atoms with E-state index in [9.17, 15) is 14.7 Å². The van der Waals surface area contributed by atoms with E-state index in [1.165, 1.54) is 0 Å². The molecule has 1 N–H and O–H groups in total. The number of hydrogen-bond donors (Lipinski definition) is 1. The van der Waals surface area contributed by atoms with Crippen molar-refractivity contribution >= 4 is 11.8 Å². The van der Waals surface area contributed by atoms with E-state index < -0.39 is 17.8 Å². The molecule has 1 aliphatic carbocycles. The summed E-state index contributed by atoms with van der Waals surface area (Å²) in [5, 5.41) is 9.36. The van der Waals surface area contributed by atoms with Crippen LogP contribution in [0.15, 0.2) is 18.2 Å². The third-order valence-corrected chi connectivity index (χ3v) is 4.57. The van der Waals surface area contributed by atoms with Crippen molar-refractivity contribution in [2.75, 3.05) is 7.11 Å². The Labute approximate surface area is 125 Å². The Bertz CT molecular complexity index is 550. The number of carbonyl (C=O) groups is 2. The number of hydrogen-bond acceptors (Lipinski definition) is 3. The number of ketones is 1. The third kappa shape index (κ3) is 3.09. The molecule has 0 bridgehead atoms. The molecule has 1 aromatic carbocycles. The summed E-state index contributed by atoms with van der Waals surface area (Å²) < 4.78 is 5.19. The molecule has 2 rings (SSSR count). The summed E-state index contributed by atoms with van der Waals surface area (Å²) in [7, 11) is 1.59. The summed E-state index contributed by atoms with van der Waals surface area (Å²) in [5.41, 5.74) is 1.47. The van der Waals surface area contributed by atoms with Crippen molar-refractivity contribution < 1.29 is 19.4 Å². The minimum absolute atomic E-state index is 0.0518. The average molecular weight is 290 g/mol. The molecule has 4 heteroatoms. The van der Waals surface area contributed by atoms with Crippen LogP contribution in [-0.4, -0.2) is 24.0 Å². The van der Waals surface area contributed by atoms with Crippen molar-refractivity contribution in [3.8, 4) is 5.75 Å². The first kappa shape index (κ1) is 15.5. The Morgan fingerprint density at radius 1 is 1.29 bits per heavy atom. The molecule has 3 atom stereocenters. The highest BCUT2D eigenvalue weighted by molar-refractivity contribution is 6.00. The number of aryl methyl sites for hydroxylation is 1. The monoisotopic (exact) mass is 290 g/mol. The first-order valence-corrected chi connectivity index (χ1v) is 7.39. The van der Waals surface area contributed by atoms with Gasteiger partial charge in [0.05, 0.1) is 13.0 Å². The quantitative estimate of drug-likeness (QED) is 0.845. The number of rotatable bonds is 5. The predicted octanol–water partition coefficient (Wildman–Crippen LogP) is 3.32. The van der Waals surface area contributed by atoms with E-state index >= 15 is 0 Å². The lowest BCUT2D eigenvalue weighted by Crippen LogP contribution is -2.25. The van der Waals surface area contributed by atoms with Crippen molar-refractivity contribution in [3.63, 3.8) is 0 Å². The first-order valence-electron chi connectivity index (χ1n) is 7.39. The van der Waals surface area contributed by atoms with Gasteiger partial charge in [-0.15, -0.1) is 0 Å². The van der Waals surface area contributed by atoms with Gasteiger partial charge in [0.15, 0.2) is 5.78 Å². The van der Waals surface area contributed by atoms with Crippen molar-refractivity contribution in [3.05, 3.63) is 29.3 Å². The van der Waals surface area contributed by atoms with Crippen LogP contribution in [0.1, 0.15) is 42.1 Å². The van der Waals surface area contributed by atoms with Gasteiger partial charge < -0.3 is 9.84 Å². The van der Waals surface area contributed by atoms with E-state index in [2.05, 4.69) is 0 Å². The van der Waals surface area contributed by atoms with Crippen LogP contribution in [0.3, 0.4) is 0 Å². The van der Waals surface area contributed by atoms with Crippen molar-refractivity contribution in [2.45, 2.75) is 33.1 Å². The molecule has 3 unspecified atom stereocenters. The largest absolute Gasteiger partial charge is 0.496 e. The Kier molecular flexibility index (Phi) is 4.66. The number of carbonyl (C=O) groups excluding carboxylic acids is 1. The van der Waals surface area contributed by atoms with Gasteiger partial charge in [0, 0.05) is 11.5 Å². The molecule has 0 saturated heterocycles. The molecular formula is C17H22O4. The summed E-state index contributed by atoms with van der Waals surface area (Å²) in [6.45, 7) is 3.93. The fourth-order valence-corrected chi connectivity index (χ4v) is 3.28. The van der Waals surface area contributed by atoms with Gasteiger partial charge in [-0.1, -0.05) is 13.3 Å². The molecule has 0 amide bonds. The maximum absolute atomic E-state index is 12.7. The van der Waals surface area contributed by atoms with Gasteiger partial charge in [-0.25, -0.2) is 0 Å². The lowest BCUT2D eigenvalue weighted by atomic mass is 9.88. The van der Waals surface area contributed by atoms with E-state index in [-0.39, 0.29) is 5.78 Å². The second-order valence-electron chi connectivity index (χ2n) is 5.85. The number of carboxylic acids is 1. The summed E-state index contributed by atoms with van der Waals surface area (Å²) in [6.07, 6.45) is 2.21. The third-order valence-electron chi connectivity index (χ3n) is 4.57. The van der Waals surface area contributed by atoms with Crippen molar-refractivity contribution in [1.82, 2.24) is 0 Å². The number of carboxylic acid groups (broad SMARTS) is 1. The highest BCUT2D eigenvalue weighted by Gasteiger charge is 2.42. The molecule has 4 nitrogen and oxygen atoms in total. The van der Waals surface area contributed by atoms with Crippen LogP contribution in [0.25, 0.3) is 0 Å². The van der Waals surface area contributed by atoms with Crippen molar-refractivity contribution in [2.24, 2.45) is 17.8 Å². The summed E-state index contributed by atoms with van der Waals surface area (Å²) in [5.74, 6) is -0.790. The van der Waals surface area contributed by atoms with Crippen LogP contribution in [0.5, 0.6) is 5.75 Å². The summed E-state index contributed by atoms with van der Waals surface area (Å²) >= 11 is 0. The van der Waals surface area contributed by atoms with E-state index in [0.717, 1.165) is 17.7 Å². The highest BCUT2D eigenvalue weighted by Crippen LogP contribution is 2.40. The zero-order chi connectivity index (χ0) is 15.6. The second-order valence-corrected chi connectivity index (χ2v) is 5.85. The standard InChI is InChI=1S/C17H22O4/c1-4-11-8-13(14(9-11)17(19)20)16(18)12-5-6-15(21-3)10(2)7-12/h5-7,11,13-14H,4,8-9H2,1-3H3,(H,19,20). The summed E-state index contributed by atoms with van der Waals surface area (Å²) in [6, 6.07) is 5.29. The van der Waals surface area contributed by atoms with Gasteiger partial charge in [-0.2, -0.15) is 0 Å². The van der Waals surface area contributed by atoms with E-state index in [1.807, 2.05) is 13.8 Å². The Morgan fingerprint density at radius 2 is 1.95 bits per heavy atom. The van der Waals surface area contributed by atoms with Gasteiger partial charge in [-0.3, -0.25) is 9.59 Å². The lowest BCUT2D eigenvalue weighted by molar-refractivity contribution is -0.142. The van der Waals surface area contributed by atoms with Gasteiger partial charge in [0.2, 0.25) is 0 Å². The molecule has 21 heavy (non-hydrogen) atoms. The minimum Gasteiger partial charge on any atom is -0.496 e. The SMILES string of the molecule is CCC1CC(C(=O)O)C(C(=O)c2ccc(OC)c(C)c2)C1. The van der Waals surface area contributed by atoms with Crippen LogP contribution in [0.2, 0.25) is 0 Å². The predicted molar refractivity (Wildman–Crippen MR) is 79.7 cm³/mol. The maximum Gasteiger partial charge on any atom is 0.307 e. The number of aliphatic carboxylic acids is 1. The zero-order valence-electron chi connectivity index (χ0n) is 12.8. The van der Waals surface area contributed by atoms with Gasteiger partial charge >= 0.3 is 5.97 Å². The molecule has 0 radical (unpaired) electrons. The Morgan fingerprint density at radius 3 is 2.48 bits per heavy atom. The normalized spacial score (nSPS) is 24.8. The van der Waals surface area contributed by atoms with Gasteiger partial charge in [0.25, 0.3) is 0 Å². The number of Topliss-reactive ketones (excluding diaryl/α,β-unsaturated/α-hetero) is 1. The molecule has 0 spiro atoms. The molecule has 0 aromatic heterocycles. The second kappa shape index (κ2) is 6.29. The van der Waals surface area contributed by atoms with Crippen LogP contribution < -0.4 is 4.74 Å².